The minimum Gasteiger partial charge on any atom is -0.465 e. The molecule has 0 saturated heterocycles. The zero-order valence-corrected chi connectivity index (χ0v) is 9.25. The Kier molecular flexibility index (Phi) is 2.93. The van der Waals surface area contributed by atoms with E-state index in [1.165, 1.54) is 7.11 Å². The van der Waals surface area contributed by atoms with Crippen molar-refractivity contribution in [3.05, 3.63) is 53.9 Å². The molecule has 0 fully saturated rings. The van der Waals surface area contributed by atoms with E-state index in [9.17, 15) is 4.79 Å². The fourth-order valence-corrected chi connectivity index (χ4v) is 1.53. The number of hydrogen-bond acceptors (Lipinski definition) is 3. The summed E-state index contributed by atoms with van der Waals surface area (Å²) in [5.41, 5.74) is 1.88. The maximum Gasteiger partial charge on any atom is 0.337 e. The molecule has 0 amide bonds. The molecule has 0 aliphatic carbocycles. The van der Waals surface area contributed by atoms with Gasteiger partial charge in [0.15, 0.2) is 0 Å². The number of hydrogen-bond donors (Lipinski definition) is 0. The predicted octanol–water partition coefficient (Wildman–Crippen LogP) is 2.14. The smallest absolute Gasteiger partial charge is 0.337 e. The largest absolute Gasteiger partial charge is 0.465 e. The molecule has 2 aromatic rings. The quantitative estimate of drug-likeness (QED) is 0.737. The van der Waals surface area contributed by atoms with Crippen LogP contribution in [0.5, 0.6) is 0 Å². The lowest BCUT2D eigenvalue weighted by molar-refractivity contribution is 0.0600. The average Bonchev–Trinajstić information content (AvgIpc) is 2.86. The van der Waals surface area contributed by atoms with Crippen LogP contribution in [-0.2, 0) is 4.74 Å². The normalized spacial score (nSPS) is 9.65. The Morgan fingerprint density at radius 3 is 2.88 bits per heavy atom. The Morgan fingerprint density at radius 2 is 2.24 bits per heavy atom. The summed E-state index contributed by atoms with van der Waals surface area (Å²) in [4.78, 5) is 11.4. The monoisotopic (exact) mass is 226 g/mol. The summed E-state index contributed by atoms with van der Waals surface area (Å²) in [7, 11) is 1.35. The van der Waals surface area contributed by atoms with E-state index < -0.39 is 0 Å². The van der Waals surface area contributed by atoms with Crippen molar-refractivity contribution in [3.63, 3.8) is 0 Å². The fraction of sp³-hybridized carbons (Fsp3) is 0.0769. The molecule has 17 heavy (non-hydrogen) atoms. The maximum atomic E-state index is 11.4. The van der Waals surface area contributed by atoms with Crippen LogP contribution < -0.4 is 0 Å². The molecular formula is C13H10N2O2. The van der Waals surface area contributed by atoms with E-state index in [-0.39, 0.29) is 5.97 Å². The van der Waals surface area contributed by atoms with Crippen molar-refractivity contribution in [2.75, 3.05) is 7.11 Å². The molecule has 4 heteroatoms. The summed E-state index contributed by atoms with van der Waals surface area (Å²) >= 11 is 0. The maximum absolute atomic E-state index is 11.4. The third-order valence-corrected chi connectivity index (χ3v) is 2.39. The van der Waals surface area contributed by atoms with Crippen molar-refractivity contribution in [1.82, 2.24) is 4.57 Å². The molecule has 1 heterocycles. The first kappa shape index (κ1) is 11.0. The van der Waals surface area contributed by atoms with Crippen LogP contribution in [0.4, 0.5) is 0 Å². The summed E-state index contributed by atoms with van der Waals surface area (Å²) in [5, 5.41) is 8.74. The SMILES string of the molecule is COC(=O)c1cccc(-n2ccc(C#N)c2)c1. The first-order valence-corrected chi connectivity index (χ1v) is 5.01. The van der Waals surface area contributed by atoms with Gasteiger partial charge in [0.25, 0.3) is 0 Å². The van der Waals surface area contributed by atoms with Gasteiger partial charge >= 0.3 is 5.97 Å². The van der Waals surface area contributed by atoms with Gasteiger partial charge in [-0.05, 0) is 24.3 Å². The molecule has 4 nitrogen and oxygen atoms in total. The van der Waals surface area contributed by atoms with E-state index in [0.29, 0.717) is 11.1 Å². The van der Waals surface area contributed by atoms with Gasteiger partial charge in [-0.15, -0.1) is 0 Å². The lowest BCUT2D eigenvalue weighted by atomic mass is 10.2. The summed E-state index contributed by atoms with van der Waals surface area (Å²) in [6, 6.07) is 10.8. The van der Waals surface area contributed by atoms with Crippen molar-refractivity contribution in [3.8, 4) is 11.8 Å². The zero-order chi connectivity index (χ0) is 12.3. The van der Waals surface area contributed by atoms with Crippen molar-refractivity contribution < 1.29 is 9.53 Å². The number of ether oxygens (including phenoxy) is 1. The Bertz CT molecular complexity index is 593. The van der Waals surface area contributed by atoms with Crippen LogP contribution in [0.2, 0.25) is 0 Å². The number of methoxy groups -OCH3 is 1. The highest BCUT2D eigenvalue weighted by Crippen LogP contribution is 2.13. The van der Waals surface area contributed by atoms with Crippen LogP contribution in [0.1, 0.15) is 15.9 Å². The van der Waals surface area contributed by atoms with Gasteiger partial charge in [-0.25, -0.2) is 4.79 Å². The van der Waals surface area contributed by atoms with Gasteiger partial charge in [-0.1, -0.05) is 6.07 Å². The van der Waals surface area contributed by atoms with E-state index in [1.54, 1.807) is 41.2 Å². The molecule has 0 aliphatic rings. The molecule has 84 valence electrons. The Balaban J connectivity index is 2.40. The number of aromatic nitrogens is 1. The third-order valence-electron chi connectivity index (χ3n) is 2.39. The van der Waals surface area contributed by atoms with Crippen molar-refractivity contribution in [2.45, 2.75) is 0 Å². The molecule has 0 N–H and O–H groups in total. The third kappa shape index (κ3) is 2.18. The highest BCUT2D eigenvalue weighted by Gasteiger charge is 2.06. The van der Waals surface area contributed by atoms with Gasteiger partial charge in [0.1, 0.15) is 6.07 Å². The highest BCUT2D eigenvalue weighted by molar-refractivity contribution is 5.89. The second-order valence-electron chi connectivity index (χ2n) is 3.46. The Hall–Kier alpha value is -2.54. The van der Waals surface area contributed by atoms with Gasteiger partial charge in [-0.2, -0.15) is 5.26 Å². The standard InChI is InChI=1S/C13H10N2O2/c1-17-13(16)11-3-2-4-12(7-11)15-6-5-10(8-14)9-15/h2-7,9H,1H3. The fourth-order valence-electron chi connectivity index (χ4n) is 1.53. The van der Waals surface area contributed by atoms with Gasteiger partial charge < -0.3 is 9.30 Å². The lowest BCUT2D eigenvalue weighted by Gasteiger charge is -2.04. The molecule has 0 unspecified atom stereocenters. The summed E-state index contributed by atoms with van der Waals surface area (Å²) < 4.78 is 6.44. The second-order valence-corrected chi connectivity index (χ2v) is 3.46. The Morgan fingerprint density at radius 1 is 1.41 bits per heavy atom. The number of nitrogens with zero attached hydrogens (tertiary/aromatic N) is 2. The molecule has 2 rings (SSSR count). The highest BCUT2D eigenvalue weighted by atomic mass is 16.5. The molecular weight excluding hydrogens is 216 g/mol. The van der Waals surface area contributed by atoms with E-state index in [4.69, 9.17) is 5.26 Å². The van der Waals surface area contributed by atoms with Crippen LogP contribution in [0.3, 0.4) is 0 Å². The molecule has 0 atom stereocenters. The van der Waals surface area contributed by atoms with Gasteiger partial charge in [0.05, 0.1) is 18.2 Å². The second kappa shape index (κ2) is 4.54. The predicted molar refractivity (Wildman–Crippen MR) is 61.8 cm³/mol. The molecule has 0 aliphatic heterocycles. The van der Waals surface area contributed by atoms with Crippen LogP contribution in [-0.4, -0.2) is 17.6 Å². The summed E-state index contributed by atoms with van der Waals surface area (Å²) in [5.74, 6) is -0.375. The molecule has 1 aromatic carbocycles. The number of carbonyl (C=O) groups excluding carboxylic acids is 1. The van der Waals surface area contributed by atoms with Gasteiger partial charge in [0, 0.05) is 18.1 Å². The number of nitriles is 1. The molecule has 0 radical (unpaired) electrons. The number of esters is 1. The lowest BCUT2D eigenvalue weighted by Crippen LogP contribution is -2.02. The summed E-state index contributed by atoms with van der Waals surface area (Å²) in [6.07, 6.45) is 3.48. The van der Waals surface area contributed by atoms with Crippen LogP contribution in [0.25, 0.3) is 5.69 Å². The molecule has 0 spiro atoms. The molecule has 0 saturated carbocycles. The van der Waals surface area contributed by atoms with Crippen LogP contribution >= 0.6 is 0 Å². The van der Waals surface area contributed by atoms with Crippen molar-refractivity contribution >= 4 is 5.97 Å². The molecule has 1 aromatic heterocycles. The zero-order valence-electron chi connectivity index (χ0n) is 9.25. The first-order chi connectivity index (χ1) is 8.24. The van der Waals surface area contributed by atoms with Crippen LogP contribution in [0.15, 0.2) is 42.7 Å². The molecule has 0 bridgehead atoms. The Labute approximate surface area is 98.7 Å². The van der Waals surface area contributed by atoms with E-state index >= 15 is 0 Å². The van der Waals surface area contributed by atoms with E-state index in [2.05, 4.69) is 10.8 Å². The van der Waals surface area contributed by atoms with Gasteiger partial charge in [0.2, 0.25) is 0 Å². The van der Waals surface area contributed by atoms with E-state index in [0.717, 1.165) is 5.69 Å². The average molecular weight is 226 g/mol. The minimum atomic E-state index is -0.375. The van der Waals surface area contributed by atoms with Crippen molar-refractivity contribution in [2.24, 2.45) is 0 Å². The topological polar surface area (TPSA) is 55.0 Å². The first-order valence-electron chi connectivity index (χ1n) is 5.01. The van der Waals surface area contributed by atoms with E-state index in [1.807, 2.05) is 6.07 Å². The minimum absolute atomic E-state index is 0.375. The number of carbonyl (C=O) groups is 1. The number of rotatable bonds is 2. The summed E-state index contributed by atoms with van der Waals surface area (Å²) in [6.45, 7) is 0. The van der Waals surface area contributed by atoms with Crippen molar-refractivity contribution in [1.29, 1.82) is 5.26 Å². The van der Waals surface area contributed by atoms with Gasteiger partial charge in [-0.3, -0.25) is 0 Å². The van der Waals surface area contributed by atoms with Crippen LogP contribution in [0, 0.1) is 11.3 Å². The number of benzene rings is 1.